The minimum Gasteiger partial charge on any atom is -0.309 e. The van der Waals surface area contributed by atoms with E-state index < -0.39 is 5.41 Å². The molecule has 14 rings (SSSR count). The Bertz CT molecular complexity index is 3640. The SMILES string of the molecule is C1=Cc2c(sc3c(-c4ccc5c(c4)C4(c6cc(-c7cccc8c7sc7ccccc78)ccc6-5)c5ccccc5-n5c6ccccc6c6cccc4c65)cccc23)CC1. The predicted molar refractivity (Wildman–Crippen MR) is 248 cm³/mol. The molecule has 8 aromatic carbocycles. The van der Waals surface area contributed by atoms with Gasteiger partial charge in [-0.15, -0.1) is 22.7 Å². The van der Waals surface area contributed by atoms with Crippen molar-refractivity contribution >= 4 is 80.8 Å². The van der Waals surface area contributed by atoms with Crippen LogP contribution in [-0.4, -0.2) is 4.57 Å². The lowest BCUT2D eigenvalue weighted by atomic mass is 9.65. The highest BCUT2D eigenvalue weighted by Gasteiger charge is 2.51. The summed E-state index contributed by atoms with van der Waals surface area (Å²) in [5.74, 6) is 0. The highest BCUT2D eigenvalue weighted by molar-refractivity contribution is 7.26. The molecule has 0 bridgehead atoms. The zero-order chi connectivity index (χ0) is 37.7. The normalized spacial score (nSPS) is 16.1. The van der Waals surface area contributed by atoms with E-state index in [0.29, 0.717) is 0 Å². The summed E-state index contributed by atoms with van der Waals surface area (Å²) in [5, 5.41) is 6.65. The summed E-state index contributed by atoms with van der Waals surface area (Å²) in [6.07, 6.45) is 6.94. The highest BCUT2D eigenvalue weighted by atomic mass is 32.1. The molecule has 0 saturated heterocycles. The van der Waals surface area contributed by atoms with Gasteiger partial charge in [0.1, 0.15) is 0 Å². The molecule has 3 aromatic heterocycles. The van der Waals surface area contributed by atoms with Gasteiger partial charge in [-0.1, -0.05) is 146 Å². The second-order valence-corrected chi connectivity index (χ2v) is 18.3. The van der Waals surface area contributed by atoms with E-state index in [1.807, 2.05) is 22.7 Å². The van der Waals surface area contributed by atoms with Gasteiger partial charge in [-0.2, -0.15) is 0 Å². The Kier molecular flexibility index (Phi) is 6.16. The van der Waals surface area contributed by atoms with Crippen LogP contribution in [0.25, 0.3) is 97.2 Å². The molecule has 11 aromatic rings. The van der Waals surface area contributed by atoms with Crippen LogP contribution in [0, 0.1) is 0 Å². The van der Waals surface area contributed by atoms with Gasteiger partial charge in [0, 0.05) is 45.9 Å². The number of hydrogen-bond acceptors (Lipinski definition) is 2. The molecular weight excluding hydrogens is 739 g/mol. The summed E-state index contributed by atoms with van der Waals surface area (Å²) < 4.78 is 6.63. The van der Waals surface area contributed by atoms with Crippen LogP contribution in [0.15, 0.2) is 170 Å². The molecule has 2 aliphatic carbocycles. The molecule has 0 N–H and O–H groups in total. The zero-order valence-electron chi connectivity index (χ0n) is 31.4. The molecule has 1 unspecified atom stereocenters. The van der Waals surface area contributed by atoms with Crippen LogP contribution < -0.4 is 0 Å². The summed E-state index contributed by atoms with van der Waals surface area (Å²) in [7, 11) is 0. The lowest BCUT2D eigenvalue weighted by Gasteiger charge is -2.40. The molecule has 1 nitrogen and oxygen atoms in total. The van der Waals surface area contributed by atoms with Gasteiger partial charge in [0.2, 0.25) is 0 Å². The van der Waals surface area contributed by atoms with E-state index in [0.717, 1.165) is 12.8 Å². The van der Waals surface area contributed by atoms with Crippen molar-refractivity contribution in [3.8, 4) is 39.1 Å². The Morgan fingerprint density at radius 1 is 0.466 bits per heavy atom. The monoisotopic (exact) mass is 771 g/mol. The van der Waals surface area contributed by atoms with Crippen molar-refractivity contribution < 1.29 is 0 Å². The summed E-state index contributed by atoms with van der Waals surface area (Å²) in [4.78, 5) is 1.51. The molecule has 3 heteroatoms. The third kappa shape index (κ3) is 3.86. The van der Waals surface area contributed by atoms with Crippen molar-refractivity contribution in [2.45, 2.75) is 18.3 Å². The Labute approximate surface area is 343 Å². The first-order valence-electron chi connectivity index (χ1n) is 20.3. The average molecular weight is 772 g/mol. The number of hydrogen-bond donors (Lipinski definition) is 0. The molecule has 0 saturated carbocycles. The lowest BCUT2D eigenvalue weighted by Crippen LogP contribution is -2.33. The molecule has 0 fully saturated rings. The van der Waals surface area contributed by atoms with E-state index >= 15 is 0 Å². The van der Waals surface area contributed by atoms with Crippen LogP contribution in [0.3, 0.4) is 0 Å². The molecular formula is C55H33NS2. The van der Waals surface area contributed by atoms with Crippen molar-refractivity contribution in [2.24, 2.45) is 0 Å². The number of allylic oxidation sites excluding steroid dienone is 1. The van der Waals surface area contributed by atoms with E-state index in [1.54, 1.807) is 0 Å². The Balaban J connectivity index is 1.11. The first-order valence-corrected chi connectivity index (χ1v) is 21.9. The summed E-state index contributed by atoms with van der Waals surface area (Å²) in [6.45, 7) is 0. The molecule has 1 atom stereocenters. The van der Waals surface area contributed by atoms with Crippen molar-refractivity contribution in [3.63, 3.8) is 0 Å². The number of fused-ring (bicyclic) bond motifs is 18. The fraction of sp³-hybridized carbons (Fsp3) is 0.0545. The second kappa shape index (κ2) is 11.3. The highest BCUT2D eigenvalue weighted by Crippen LogP contribution is 2.62. The maximum Gasteiger partial charge on any atom is 0.0754 e. The lowest BCUT2D eigenvalue weighted by molar-refractivity contribution is 0.749. The van der Waals surface area contributed by atoms with Gasteiger partial charge in [-0.3, -0.25) is 0 Å². The number of nitrogens with zero attached hydrogens (tertiary/aromatic N) is 1. The van der Waals surface area contributed by atoms with Crippen molar-refractivity contribution in [3.05, 3.63) is 203 Å². The third-order valence-corrected chi connectivity index (χ3v) is 16.0. The second-order valence-electron chi connectivity index (χ2n) is 16.2. The molecule has 1 spiro atoms. The minimum absolute atomic E-state index is 0.545. The van der Waals surface area contributed by atoms with Crippen LogP contribution in [0.1, 0.15) is 39.1 Å². The van der Waals surface area contributed by atoms with Crippen molar-refractivity contribution in [2.75, 3.05) is 0 Å². The Morgan fingerprint density at radius 2 is 1.10 bits per heavy atom. The van der Waals surface area contributed by atoms with Gasteiger partial charge in [-0.05, 0) is 104 Å². The number of rotatable bonds is 2. The van der Waals surface area contributed by atoms with Gasteiger partial charge >= 0.3 is 0 Å². The van der Waals surface area contributed by atoms with Crippen LogP contribution in [-0.2, 0) is 11.8 Å². The smallest absolute Gasteiger partial charge is 0.0754 e. The van der Waals surface area contributed by atoms with E-state index in [4.69, 9.17) is 0 Å². The topological polar surface area (TPSA) is 4.93 Å². The molecule has 1 aliphatic heterocycles. The molecule has 58 heavy (non-hydrogen) atoms. The summed E-state index contributed by atoms with van der Waals surface area (Å²) in [6, 6.07) is 62.7. The number of para-hydroxylation sites is 3. The first kappa shape index (κ1) is 31.6. The molecule has 0 amide bonds. The molecule has 3 aliphatic rings. The number of thiophene rings is 2. The van der Waals surface area contributed by atoms with Crippen LogP contribution in [0.4, 0.5) is 0 Å². The molecule has 4 heterocycles. The number of benzene rings is 8. The molecule has 270 valence electrons. The zero-order valence-corrected chi connectivity index (χ0v) is 33.1. The fourth-order valence-corrected chi connectivity index (χ4v) is 13.7. The van der Waals surface area contributed by atoms with Gasteiger partial charge in [0.05, 0.1) is 22.1 Å². The van der Waals surface area contributed by atoms with Gasteiger partial charge in [0.15, 0.2) is 0 Å². The van der Waals surface area contributed by atoms with E-state index in [1.165, 1.54) is 124 Å². The van der Waals surface area contributed by atoms with Gasteiger partial charge in [-0.25, -0.2) is 0 Å². The largest absolute Gasteiger partial charge is 0.309 e. The van der Waals surface area contributed by atoms with Crippen LogP contribution in [0.5, 0.6) is 0 Å². The van der Waals surface area contributed by atoms with Crippen LogP contribution >= 0.6 is 22.7 Å². The van der Waals surface area contributed by atoms with Crippen molar-refractivity contribution in [1.82, 2.24) is 4.57 Å². The summed E-state index contributed by atoms with van der Waals surface area (Å²) in [5.41, 5.74) is 17.9. The van der Waals surface area contributed by atoms with Gasteiger partial charge in [0.25, 0.3) is 0 Å². The molecule has 0 radical (unpaired) electrons. The van der Waals surface area contributed by atoms with Gasteiger partial charge < -0.3 is 4.57 Å². The quantitative estimate of drug-likeness (QED) is 0.165. The number of aromatic nitrogens is 1. The van der Waals surface area contributed by atoms with E-state index in [2.05, 4.69) is 181 Å². The first-order chi connectivity index (χ1) is 28.8. The Hall–Kier alpha value is -6.52. The fourth-order valence-electron chi connectivity index (χ4n) is 11.1. The number of aryl methyl sites for hydroxylation is 1. The minimum atomic E-state index is -0.545. The predicted octanol–water partition coefficient (Wildman–Crippen LogP) is 15.3. The van der Waals surface area contributed by atoms with Crippen molar-refractivity contribution in [1.29, 1.82) is 0 Å². The Morgan fingerprint density at radius 3 is 1.93 bits per heavy atom. The van der Waals surface area contributed by atoms with Crippen LogP contribution in [0.2, 0.25) is 0 Å². The standard InChI is InChI=1S/C55H33NS2/c1-5-22-48-38(12-1)41-17-11-21-45-52(41)56(48)49-23-6-4-20-44(49)55(45)46-30-32(34-15-9-18-42-39-13-2-7-24-50(39)57-53(34)42)26-28-36(46)37-29-27-33(31-47(37)55)35-16-10-19-43-40-14-3-8-25-51(40)58-54(35)43/h1-7,9-24,26-31H,8,25H2. The van der Waals surface area contributed by atoms with E-state index in [9.17, 15) is 0 Å². The summed E-state index contributed by atoms with van der Waals surface area (Å²) >= 11 is 3.91. The van der Waals surface area contributed by atoms with E-state index in [-0.39, 0.29) is 0 Å². The maximum absolute atomic E-state index is 2.57. The third-order valence-electron chi connectivity index (χ3n) is 13.5. The average Bonchev–Trinajstić information content (AvgIpc) is 4.03. The maximum atomic E-state index is 2.57.